The lowest BCUT2D eigenvalue weighted by molar-refractivity contribution is 0.101. The Morgan fingerprint density at radius 3 is 2.23 bits per heavy atom. The molecular formula is C20H24N6O3S. The average molecular weight is 429 g/mol. The van der Waals surface area contributed by atoms with Crippen molar-refractivity contribution >= 4 is 21.6 Å². The number of Topliss-reactive ketones (excluding diaryl/α,β-unsaturated/α-hetero) is 1. The number of ketones is 1. The van der Waals surface area contributed by atoms with Crippen LogP contribution >= 0.6 is 0 Å². The Hall–Kier alpha value is -3.11. The molecule has 0 aliphatic heterocycles. The topological polar surface area (TPSA) is 119 Å². The Morgan fingerprint density at radius 1 is 1.00 bits per heavy atom. The van der Waals surface area contributed by atoms with Gasteiger partial charge in [-0.25, -0.2) is 17.8 Å². The molecule has 30 heavy (non-hydrogen) atoms. The number of nitrogens with zero attached hydrogens (tertiary/aromatic N) is 4. The first-order chi connectivity index (χ1) is 14.2. The number of hydrogen-bond acceptors (Lipinski definition) is 7. The van der Waals surface area contributed by atoms with Gasteiger partial charge in [0, 0.05) is 24.3 Å². The summed E-state index contributed by atoms with van der Waals surface area (Å²) in [6.07, 6.45) is 0. The summed E-state index contributed by atoms with van der Waals surface area (Å²) < 4.78 is 28.9. The molecule has 2 aromatic heterocycles. The fraction of sp³-hybridized carbons (Fsp3) is 0.300. The van der Waals surface area contributed by atoms with Crippen LogP contribution in [-0.2, 0) is 10.0 Å². The molecule has 0 atom stereocenters. The summed E-state index contributed by atoms with van der Waals surface area (Å²) >= 11 is 0. The molecule has 9 nitrogen and oxygen atoms in total. The molecule has 0 radical (unpaired) electrons. The quantitative estimate of drug-likeness (QED) is 0.417. The third-order valence-electron chi connectivity index (χ3n) is 4.81. The molecule has 0 saturated heterocycles. The fourth-order valence-corrected chi connectivity index (χ4v) is 3.84. The van der Waals surface area contributed by atoms with Gasteiger partial charge in [-0.15, -0.1) is 10.2 Å². The minimum absolute atomic E-state index is 0.108. The summed E-state index contributed by atoms with van der Waals surface area (Å²) in [5, 5.41) is 15.8. The van der Waals surface area contributed by atoms with Crippen LogP contribution in [0, 0.1) is 20.8 Å². The van der Waals surface area contributed by atoms with Gasteiger partial charge in [-0.05, 0) is 57.5 Å². The van der Waals surface area contributed by atoms with Crippen LogP contribution in [0.2, 0.25) is 0 Å². The molecular weight excluding hydrogens is 404 g/mol. The second-order valence-corrected chi connectivity index (χ2v) is 8.66. The van der Waals surface area contributed by atoms with Gasteiger partial charge in [0.05, 0.1) is 10.6 Å². The molecule has 1 aromatic carbocycles. The normalized spacial score (nSPS) is 11.5. The minimum atomic E-state index is -3.66. The van der Waals surface area contributed by atoms with Crippen molar-refractivity contribution < 1.29 is 13.2 Å². The number of rotatable bonds is 8. The van der Waals surface area contributed by atoms with Crippen LogP contribution in [0.5, 0.6) is 0 Å². The van der Waals surface area contributed by atoms with Gasteiger partial charge in [0.1, 0.15) is 5.82 Å². The molecule has 0 fully saturated rings. The van der Waals surface area contributed by atoms with Crippen LogP contribution in [0.1, 0.15) is 34.2 Å². The zero-order chi connectivity index (χ0) is 21.9. The van der Waals surface area contributed by atoms with Crippen molar-refractivity contribution in [3.63, 3.8) is 0 Å². The van der Waals surface area contributed by atoms with Gasteiger partial charge in [0.25, 0.3) is 0 Å². The van der Waals surface area contributed by atoms with E-state index in [9.17, 15) is 13.2 Å². The zero-order valence-electron chi connectivity index (χ0n) is 17.3. The first-order valence-electron chi connectivity index (χ1n) is 9.40. The molecule has 3 rings (SSSR count). The van der Waals surface area contributed by atoms with Gasteiger partial charge in [0.15, 0.2) is 11.6 Å². The zero-order valence-corrected chi connectivity index (χ0v) is 18.1. The molecule has 0 unspecified atom stereocenters. The van der Waals surface area contributed by atoms with Gasteiger partial charge in [-0.2, -0.15) is 5.10 Å². The van der Waals surface area contributed by atoms with Crippen molar-refractivity contribution in [3.05, 3.63) is 58.9 Å². The Kier molecular flexibility index (Phi) is 6.28. The van der Waals surface area contributed by atoms with Crippen molar-refractivity contribution in [2.45, 2.75) is 32.6 Å². The molecule has 0 spiro atoms. The van der Waals surface area contributed by atoms with Crippen LogP contribution in [0.3, 0.4) is 0 Å². The van der Waals surface area contributed by atoms with E-state index in [1.165, 1.54) is 31.2 Å². The number of aromatic nitrogens is 4. The number of carbonyl (C=O) groups excluding carboxylic acids is 1. The molecule has 158 valence electrons. The molecule has 0 amide bonds. The second kappa shape index (κ2) is 8.72. The summed E-state index contributed by atoms with van der Waals surface area (Å²) in [4.78, 5) is 11.4. The van der Waals surface area contributed by atoms with Crippen LogP contribution < -0.4 is 10.0 Å². The Morgan fingerprint density at radius 2 is 1.70 bits per heavy atom. The van der Waals surface area contributed by atoms with Gasteiger partial charge in [0.2, 0.25) is 10.0 Å². The maximum atomic E-state index is 12.3. The van der Waals surface area contributed by atoms with Crippen LogP contribution in [0.25, 0.3) is 5.82 Å². The van der Waals surface area contributed by atoms with Crippen LogP contribution in [0.4, 0.5) is 5.82 Å². The van der Waals surface area contributed by atoms with Crippen molar-refractivity contribution in [3.8, 4) is 5.82 Å². The van der Waals surface area contributed by atoms with E-state index >= 15 is 0 Å². The molecule has 0 aliphatic carbocycles. The molecule has 2 heterocycles. The summed E-state index contributed by atoms with van der Waals surface area (Å²) in [6, 6.07) is 9.39. The smallest absolute Gasteiger partial charge is 0.240 e. The van der Waals surface area contributed by atoms with Crippen molar-refractivity contribution in [1.82, 2.24) is 24.7 Å². The highest BCUT2D eigenvalue weighted by atomic mass is 32.2. The first kappa shape index (κ1) is 21.6. The van der Waals surface area contributed by atoms with Crippen LogP contribution in [-0.4, -0.2) is 47.3 Å². The van der Waals surface area contributed by atoms with Gasteiger partial charge < -0.3 is 5.32 Å². The van der Waals surface area contributed by atoms with Gasteiger partial charge in [-0.1, -0.05) is 12.1 Å². The number of sulfonamides is 1. The maximum absolute atomic E-state index is 12.3. The van der Waals surface area contributed by atoms with E-state index in [0.717, 1.165) is 17.0 Å². The predicted octanol–water partition coefficient (Wildman–Crippen LogP) is 2.18. The number of carbonyl (C=O) groups is 1. The van der Waals surface area contributed by atoms with E-state index in [2.05, 4.69) is 25.3 Å². The maximum Gasteiger partial charge on any atom is 0.240 e. The van der Waals surface area contributed by atoms with E-state index < -0.39 is 10.0 Å². The standard InChI is InChI=1S/C20H24N6O3S/c1-13-14(2)25-26(15(13)3)20-10-9-19(23-24-20)21-11-12-22-30(28,29)18-7-5-17(6-8-18)16(4)27/h5-10,22H,11-12H2,1-4H3,(H,21,23). The second-order valence-electron chi connectivity index (χ2n) is 6.89. The van der Waals surface area contributed by atoms with E-state index in [1.807, 2.05) is 20.8 Å². The van der Waals surface area contributed by atoms with E-state index in [1.54, 1.807) is 16.8 Å². The highest BCUT2D eigenvalue weighted by molar-refractivity contribution is 7.89. The fourth-order valence-electron chi connectivity index (χ4n) is 2.80. The number of hydrogen-bond donors (Lipinski definition) is 2. The van der Waals surface area contributed by atoms with Crippen molar-refractivity contribution in [2.24, 2.45) is 0 Å². The lowest BCUT2D eigenvalue weighted by Gasteiger charge is -2.09. The first-order valence-corrected chi connectivity index (χ1v) is 10.9. The molecule has 10 heteroatoms. The molecule has 0 saturated carbocycles. The average Bonchev–Trinajstić information content (AvgIpc) is 2.99. The van der Waals surface area contributed by atoms with Crippen molar-refractivity contribution in [1.29, 1.82) is 0 Å². The largest absolute Gasteiger partial charge is 0.367 e. The summed E-state index contributed by atoms with van der Waals surface area (Å²) in [6.45, 7) is 7.86. The number of anilines is 1. The van der Waals surface area contributed by atoms with E-state index in [0.29, 0.717) is 23.7 Å². The third kappa shape index (κ3) is 4.71. The Balaban J connectivity index is 1.55. The van der Waals surface area contributed by atoms with E-state index in [4.69, 9.17) is 0 Å². The van der Waals surface area contributed by atoms with E-state index in [-0.39, 0.29) is 17.2 Å². The van der Waals surface area contributed by atoms with Crippen molar-refractivity contribution in [2.75, 3.05) is 18.4 Å². The highest BCUT2D eigenvalue weighted by Gasteiger charge is 2.14. The highest BCUT2D eigenvalue weighted by Crippen LogP contribution is 2.15. The summed E-state index contributed by atoms with van der Waals surface area (Å²) in [7, 11) is -3.66. The molecule has 2 N–H and O–H groups in total. The number of nitrogens with one attached hydrogen (secondary N) is 2. The molecule has 3 aromatic rings. The predicted molar refractivity (Wildman–Crippen MR) is 113 cm³/mol. The lowest BCUT2D eigenvalue weighted by atomic mass is 10.2. The summed E-state index contributed by atoms with van der Waals surface area (Å²) in [5.74, 6) is 1.03. The number of benzene rings is 1. The monoisotopic (exact) mass is 428 g/mol. The summed E-state index contributed by atoms with van der Waals surface area (Å²) in [5.41, 5.74) is 3.53. The Bertz CT molecular complexity index is 1150. The van der Waals surface area contributed by atoms with Gasteiger partial charge in [-0.3, -0.25) is 4.79 Å². The van der Waals surface area contributed by atoms with Gasteiger partial charge >= 0.3 is 0 Å². The third-order valence-corrected chi connectivity index (χ3v) is 6.29. The molecule has 0 aliphatic rings. The number of aryl methyl sites for hydroxylation is 1. The lowest BCUT2D eigenvalue weighted by Crippen LogP contribution is -2.29. The van der Waals surface area contributed by atoms with Crippen LogP contribution in [0.15, 0.2) is 41.3 Å². The SMILES string of the molecule is CC(=O)c1ccc(S(=O)(=O)NCCNc2ccc(-n3nc(C)c(C)c3C)nn2)cc1. The Labute approximate surface area is 175 Å². The minimum Gasteiger partial charge on any atom is -0.367 e. The molecule has 0 bridgehead atoms.